The van der Waals surface area contributed by atoms with Crippen LogP contribution in [-0.2, 0) is 6.54 Å². The summed E-state index contributed by atoms with van der Waals surface area (Å²) in [5.41, 5.74) is 4.37. The first-order chi connectivity index (χ1) is 8.69. The molecule has 1 N–H and O–H groups in total. The van der Waals surface area contributed by atoms with Crippen LogP contribution in [0.4, 0.5) is 5.69 Å². The molecule has 0 spiro atoms. The Kier molecular flexibility index (Phi) is 5.42. The quantitative estimate of drug-likeness (QED) is 0.863. The predicted molar refractivity (Wildman–Crippen MR) is 85.9 cm³/mol. The molecule has 0 saturated heterocycles. The molecule has 0 radical (unpaired) electrons. The first kappa shape index (κ1) is 16.0. The van der Waals surface area contributed by atoms with Gasteiger partial charge in [-0.3, -0.25) is 0 Å². The van der Waals surface area contributed by atoms with Crippen molar-refractivity contribution in [1.82, 2.24) is 5.32 Å². The fourth-order valence-corrected chi connectivity index (χ4v) is 2.34. The highest BCUT2D eigenvalue weighted by molar-refractivity contribution is 5.54. The third kappa shape index (κ3) is 5.65. The predicted octanol–water partition coefficient (Wildman–Crippen LogP) is 3.98. The van der Waals surface area contributed by atoms with Crippen molar-refractivity contribution < 1.29 is 0 Å². The Morgan fingerprint density at radius 2 is 1.84 bits per heavy atom. The van der Waals surface area contributed by atoms with Crippen molar-refractivity contribution >= 4 is 5.69 Å². The van der Waals surface area contributed by atoms with E-state index in [1.54, 1.807) is 0 Å². The number of anilines is 1. The van der Waals surface area contributed by atoms with Gasteiger partial charge < -0.3 is 10.2 Å². The van der Waals surface area contributed by atoms with Gasteiger partial charge >= 0.3 is 0 Å². The van der Waals surface area contributed by atoms with Gasteiger partial charge in [0.2, 0.25) is 0 Å². The monoisotopic (exact) mass is 262 g/mol. The van der Waals surface area contributed by atoms with Crippen LogP contribution in [0.15, 0.2) is 18.2 Å². The normalized spacial score (nSPS) is 12.0. The Morgan fingerprint density at radius 1 is 1.21 bits per heavy atom. The summed E-state index contributed by atoms with van der Waals surface area (Å²) in [6.07, 6.45) is 0. The van der Waals surface area contributed by atoms with Crippen LogP contribution >= 0.6 is 0 Å². The van der Waals surface area contributed by atoms with Gasteiger partial charge in [0.1, 0.15) is 0 Å². The van der Waals surface area contributed by atoms with Gasteiger partial charge in [0.15, 0.2) is 0 Å². The van der Waals surface area contributed by atoms with Gasteiger partial charge in [-0.1, -0.05) is 52.3 Å². The third-order valence-electron chi connectivity index (χ3n) is 3.06. The first-order valence-corrected chi connectivity index (χ1v) is 7.23. The average molecular weight is 262 g/mol. The van der Waals surface area contributed by atoms with E-state index >= 15 is 0 Å². The van der Waals surface area contributed by atoms with Gasteiger partial charge in [-0.15, -0.1) is 0 Å². The van der Waals surface area contributed by atoms with Crippen LogP contribution in [0.25, 0.3) is 0 Å². The van der Waals surface area contributed by atoms with Gasteiger partial charge in [-0.2, -0.15) is 0 Å². The van der Waals surface area contributed by atoms with Gasteiger partial charge in [0, 0.05) is 31.9 Å². The van der Waals surface area contributed by atoms with Crippen LogP contribution < -0.4 is 10.2 Å². The van der Waals surface area contributed by atoms with E-state index in [1.807, 2.05) is 0 Å². The molecule has 19 heavy (non-hydrogen) atoms. The highest BCUT2D eigenvalue weighted by Gasteiger charge is 2.16. The summed E-state index contributed by atoms with van der Waals surface area (Å²) < 4.78 is 0. The fourth-order valence-electron chi connectivity index (χ4n) is 2.34. The molecule has 0 aliphatic heterocycles. The minimum atomic E-state index is 0.308. The van der Waals surface area contributed by atoms with Gasteiger partial charge in [0.25, 0.3) is 0 Å². The van der Waals surface area contributed by atoms with E-state index in [2.05, 4.69) is 77.0 Å². The molecule has 1 aromatic rings. The highest BCUT2D eigenvalue weighted by atomic mass is 15.1. The van der Waals surface area contributed by atoms with E-state index < -0.39 is 0 Å². The van der Waals surface area contributed by atoms with Gasteiger partial charge in [0.05, 0.1) is 0 Å². The number of hydrogen-bond donors (Lipinski definition) is 1. The maximum absolute atomic E-state index is 3.52. The summed E-state index contributed by atoms with van der Waals surface area (Å²) in [5.74, 6) is 0. The molecule has 0 fully saturated rings. The number of nitrogens with zero attached hydrogens (tertiary/aromatic N) is 1. The van der Waals surface area contributed by atoms with Crippen LogP contribution in [0.3, 0.4) is 0 Å². The van der Waals surface area contributed by atoms with Crippen molar-refractivity contribution in [3.8, 4) is 0 Å². The maximum atomic E-state index is 3.52. The summed E-state index contributed by atoms with van der Waals surface area (Å²) in [6, 6.07) is 7.26. The van der Waals surface area contributed by atoms with E-state index in [4.69, 9.17) is 0 Å². The van der Waals surface area contributed by atoms with E-state index in [-0.39, 0.29) is 0 Å². The lowest BCUT2D eigenvalue weighted by molar-refractivity contribution is 0.418. The molecule has 0 saturated carbocycles. The van der Waals surface area contributed by atoms with Crippen LogP contribution in [0.2, 0.25) is 0 Å². The molecular formula is C17H30N2. The Balaban J connectivity index is 2.92. The number of aryl methyl sites for hydroxylation is 1. The van der Waals surface area contributed by atoms with Crippen molar-refractivity contribution in [3.05, 3.63) is 29.3 Å². The lowest BCUT2D eigenvalue weighted by atomic mass is 9.95. The minimum Gasteiger partial charge on any atom is -0.374 e. The summed E-state index contributed by atoms with van der Waals surface area (Å²) in [5, 5.41) is 3.52. The maximum Gasteiger partial charge on any atom is 0.0409 e. The van der Waals surface area contributed by atoms with E-state index in [0.29, 0.717) is 11.5 Å². The van der Waals surface area contributed by atoms with Crippen molar-refractivity contribution in [2.45, 2.75) is 54.1 Å². The zero-order chi connectivity index (χ0) is 14.6. The summed E-state index contributed by atoms with van der Waals surface area (Å²) in [7, 11) is 2.19. The molecule has 0 bridgehead atoms. The Bertz CT molecular complexity index is 402. The standard InChI is InChI=1S/C17H30N2/c1-13(2)18-11-15-10-14(3)8-9-16(15)19(7)12-17(4,5)6/h8-10,13,18H,11-12H2,1-7H3. The van der Waals surface area contributed by atoms with Crippen LogP contribution in [0.1, 0.15) is 45.7 Å². The van der Waals surface area contributed by atoms with Gasteiger partial charge in [-0.25, -0.2) is 0 Å². The van der Waals surface area contributed by atoms with E-state index in [1.165, 1.54) is 16.8 Å². The van der Waals surface area contributed by atoms with Crippen LogP contribution in [-0.4, -0.2) is 19.6 Å². The number of hydrogen-bond acceptors (Lipinski definition) is 2. The Labute approximate surface area is 119 Å². The lowest BCUT2D eigenvalue weighted by Crippen LogP contribution is -2.31. The summed E-state index contributed by atoms with van der Waals surface area (Å²) in [4.78, 5) is 2.37. The van der Waals surface area contributed by atoms with Crippen LogP contribution in [0, 0.1) is 12.3 Å². The summed E-state index contributed by atoms with van der Waals surface area (Å²) in [6.45, 7) is 15.4. The van der Waals surface area contributed by atoms with Gasteiger partial charge in [-0.05, 0) is 24.0 Å². The van der Waals surface area contributed by atoms with Crippen molar-refractivity contribution in [2.24, 2.45) is 5.41 Å². The Hall–Kier alpha value is -1.02. The molecule has 1 aromatic carbocycles. The molecule has 0 unspecified atom stereocenters. The second kappa shape index (κ2) is 6.42. The Morgan fingerprint density at radius 3 is 2.37 bits per heavy atom. The summed E-state index contributed by atoms with van der Waals surface area (Å²) >= 11 is 0. The minimum absolute atomic E-state index is 0.308. The first-order valence-electron chi connectivity index (χ1n) is 7.23. The molecule has 108 valence electrons. The second-order valence-electron chi connectivity index (χ2n) is 7.08. The lowest BCUT2D eigenvalue weighted by Gasteiger charge is -2.30. The molecular weight excluding hydrogens is 232 g/mol. The molecule has 1 rings (SSSR count). The largest absolute Gasteiger partial charge is 0.374 e. The molecule has 0 aliphatic rings. The number of benzene rings is 1. The third-order valence-corrected chi connectivity index (χ3v) is 3.06. The molecule has 2 nitrogen and oxygen atoms in total. The van der Waals surface area contributed by atoms with E-state index in [0.717, 1.165) is 13.1 Å². The number of nitrogens with one attached hydrogen (secondary N) is 1. The topological polar surface area (TPSA) is 15.3 Å². The molecule has 0 aromatic heterocycles. The molecule has 0 atom stereocenters. The smallest absolute Gasteiger partial charge is 0.0409 e. The zero-order valence-corrected chi connectivity index (χ0v) is 13.7. The molecule has 0 aliphatic carbocycles. The number of rotatable bonds is 5. The van der Waals surface area contributed by atoms with E-state index in [9.17, 15) is 0 Å². The molecule has 2 heteroatoms. The molecule has 0 amide bonds. The zero-order valence-electron chi connectivity index (χ0n) is 13.7. The SMILES string of the molecule is Cc1ccc(N(C)CC(C)(C)C)c(CNC(C)C)c1. The van der Waals surface area contributed by atoms with Crippen molar-refractivity contribution in [3.63, 3.8) is 0 Å². The molecule has 0 heterocycles. The van der Waals surface area contributed by atoms with Crippen molar-refractivity contribution in [1.29, 1.82) is 0 Å². The van der Waals surface area contributed by atoms with Crippen molar-refractivity contribution in [2.75, 3.05) is 18.5 Å². The highest BCUT2D eigenvalue weighted by Crippen LogP contribution is 2.25. The van der Waals surface area contributed by atoms with Crippen LogP contribution in [0.5, 0.6) is 0 Å². The fraction of sp³-hybridized carbons (Fsp3) is 0.647. The second-order valence-corrected chi connectivity index (χ2v) is 7.08. The average Bonchev–Trinajstić information content (AvgIpc) is 2.23.